The molecule has 3 aromatic rings. The number of hydrogen-bond donors (Lipinski definition) is 1. The number of methoxy groups -OCH3 is 1. The second-order valence-electron chi connectivity index (χ2n) is 5.20. The van der Waals surface area contributed by atoms with Gasteiger partial charge in [0.2, 0.25) is 5.82 Å². The van der Waals surface area contributed by atoms with Crippen LogP contribution in [0.4, 0.5) is 11.5 Å². The molecule has 0 amide bonds. The van der Waals surface area contributed by atoms with Gasteiger partial charge in [-0.3, -0.25) is 10.1 Å². The quantitative estimate of drug-likeness (QED) is 0.402. The van der Waals surface area contributed by atoms with E-state index in [1.165, 1.54) is 24.6 Å². The van der Waals surface area contributed by atoms with Crippen LogP contribution in [0.15, 0.2) is 48.0 Å². The van der Waals surface area contributed by atoms with E-state index in [9.17, 15) is 14.9 Å². The van der Waals surface area contributed by atoms with Crippen molar-refractivity contribution < 1.29 is 14.5 Å². The summed E-state index contributed by atoms with van der Waals surface area (Å²) >= 11 is 1.49. The fraction of sp³-hybridized carbons (Fsp3) is 0.118. The number of carbonyl (C=O) groups excluding carboxylic acids is 1. The highest BCUT2D eigenvalue weighted by molar-refractivity contribution is 7.13. The maximum Gasteiger partial charge on any atom is 0.339 e. The van der Waals surface area contributed by atoms with Gasteiger partial charge in [0.1, 0.15) is 5.01 Å². The average molecular weight is 370 g/mol. The Labute approximate surface area is 152 Å². The van der Waals surface area contributed by atoms with Crippen molar-refractivity contribution in [2.75, 3.05) is 12.4 Å². The predicted octanol–water partition coefficient (Wildman–Crippen LogP) is 3.51. The molecular formula is C17H14N4O4S. The van der Waals surface area contributed by atoms with Gasteiger partial charge in [-0.1, -0.05) is 30.3 Å². The summed E-state index contributed by atoms with van der Waals surface area (Å²) in [4.78, 5) is 30.6. The number of anilines is 1. The van der Waals surface area contributed by atoms with Gasteiger partial charge in [-0.05, 0) is 0 Å². The first-order chi connectivity index (χ1) is 12.6. The first kappa shape index (κ1) is 17.5. The fourth-order valence-electron chi connectivity index (χ4n) is 2.23. The van der Waals surface area contributed by atoms with E-state index in [-0.39, 0.29) is 23.6 Å². The van der Waals surface area contributed by atoms with Gasteiger partial charge >= 0.3 is 11.7 Å². The summed E-state index contributed by atoms with van der Waals surface area (Å²) in [5.74, 6) is -0.615. The summed E-state index contributed by atoms with van der Waals surface area (Å²) < 4.78 is 4.55. The molecule has 2 aromatic heterocycles. The Morgan fingerprint density at radius 3 is 2.81 bits per heavy atom. The van der Waals surface area contributed by atoms with Crippen LogP contribution in [-0.2, 0) is 11.3 Å². The molecule has 9 heteroatoms. The molecule has 0 radical (unpaired) electrons. The second kappa shape index (κ2) is 7.70. The van der Waals surface area contributed by atoms with Crippen molar-refractivity contribution in [1.29, 1.82) is 0 Å². The topological polar surface area (TPSA) is 107 Å². The molecule has 0 spiro atoms. The van der Waals surface area contributed by atoms with Crippen LogP contribution < -0.4 is 5.32 Å². The van der Waals surface area contributed by atoms with Crippen LogP contribution in [0.2, 0.25) is 0 Å². The van der Waals surface area contributed by atoms with Crippen LogP contribution in [0.3, 0.4) is 0 Å². The summed E-state index contributed by atoms with van der Waals surface area (Å²) in [6.07, 6.45) is 1.23. The maximum atomic E-state index is 11.5. The number of nitrogens with zero attached hydrogens (tertiary/aromatic N) is 3. The summed E-state index contributed by atoms with van der Waals surface area (Å²) in [6, 6.07) is 10.9. The van der Waals surface area contributed by atoms with Crippen LogP contribution in [0, 0.1) is 10.1 Å². The van der Waals surface area contributed by atoms with E-state index >= 15 is 0 Å². The molecule has 3 rings (SSSR count). The van der Waals surface area contributed by atoms with Crippen molar-refractivity contribution in [3.05, 3.63) is 69.3 Å². The second-order valence-corrected chi connectivity index (χ2v) is 6.06. The molecule has 2 heterocycles. The van der Waals surface area contributed by atoms with Gasteiger partial charge in [-0.15, -0.1) is 11.3 Å². The van der Waals surface area contributed by atoms with Gasteiger partial charge in [0.15, 0.2) is 0 Å². The van der Waals surface area contributed by atoms with Crippen LogP contribution in [0.25, 0.3) is 10.6 Å². The number of ether oxygens (including phenoxy) is 1. The van der Waals surface area contributed by atoms with E-state index in [0.717, 1.165) is 22.3 Å². The molecule has 0 fully saturated rings. The molecule has 0 bridgehead atoms. The Hall–Kier alpha value is -3.33. The van der Waals surface area contributed by atoms with Crippen molar-refractivity contribution in [2.24, 2.45) is 0 Å². The number of thiazole rings is 1. The lowest BCUT2D eigenvalue weighted by molar-refractivity contribution is -0.384. The van der Waals surface area contributed by atoms with Crippen LogP contribution >= 0.6 is 11.3 Å². The highest BCUT2D eigenvalue weighted by Gasteiger charge is 2.19. The first-order valence-electron chi connectivity index (χ1n) is 7.55. The molecule has 1 aromatic carbocycles. The van der Waals surface area contributed by atoms with Gasteiger partial charge in [-0.25, -0.2) is 14.8 Å². The molecule has 0 aliphatic heterocycles. The summed E-state index contributed by atoms with van der Waals surface area (Å²) in [7, 11) is 1.20. The Kier molecular flexibility index (Phi) is 5.18. The Bertz CT molecular complexity index is 943. The van der Waals surface area contributed by atoms with Crippen molar-refractivity contribution in [2.45, 2.75) is 6.54 Å². The SMILES string of the molecule is COC(=O)c1cnc(NCc2csc(-c3ccccc3)n2)c([N+](=O)[O-])c1. The number of hydrogen-bond acceptors (Lipinski definition) is 8. The molecule has 8 nitrogen and oxygen atoms in total. The number of pyridine rings is 1. The molecule has 0 atom stereocenters. The molecule has 0 saturated carbocycles. The van der Waals surface area contributed by atoms with Gasteiger partial charge in [0.25, 0.3) is 0 Å². The van der Waals surface area contributed by atoms with Crippen LogP contribution in [0.5, 0.6) is 0 Å². The van der Waals surface area contributed by atoms with E-state index < -0.39 is 10.9 Å². The standard InChI is InChI=1S/C17H14N4O4S/c1-25-17(22)12-7-14(21(23)24)15(18-8-12)19-9-13-10-26-16(20-13)11-5-3-2-4-6-11/h2-8,10H,9H2,1H3,(H,18,19). The van der Waals surface area contributed by atoms with Gasteiger partial charge < -0.3 is 10.1 Å². The lowest BCUT2D eigenvalue weighted by atomic mass is 10.2. The summed E-state index contributed by atoms with van der Waals surface area (Å²) in [5, 5.41) is 16.9. The minimum absolute atomic E-state index is 0.0183. The molecular weight excluding hydrogens is 356 g/mol. The maximum absolute atomic E-state index is 11.5. The Morgan fingerprint density at radius 2 is 2.12 bits per heavy atom. The zero-order chi connectivity index (χ0) is 18.5. The Balaban J connectivity index is 1.76. The van der Waals surface area contributed by atoms with Crippen molar-refractivity contribution >= 4 is 28.8 Å². The van der Waals surface area contributed by atoms with E-state index in [1.807, 2.05) is 35.7 Å². The highest BCUT2D eigenvalue weighted by Crippen LogP contribution is 2.26. The molecule has 0 aliphatic carbocycles. The molecule has 132 valence electrons. The lowest BCUT2D eigenvalue weighted by Gasteiger charge is -2.06. The number of esters is 1. The van der Waals surface area contributed by atoms with Crippen molar-refractivity contribution in [1.82, 2.24) is 9.97 Å². The van der Waals surface area contributed by atoms with E-state index in [0.29, 0.717) is 0 Å². The van der Waals surface area contributed by atoms with E-state index in [4.69, 9.17) is 0 Å². The third kappa shape index (κ3) is 3.83. The first-order valence-corrected chi connectivity index (χ1v) is 8.43. The number of benzene rings is 1. The third-order valence-corrected chi connectivity index (χ3v) is 4.43. The average Bonchev–Trinajstić information content (AvgIpc) is 3.15. The van der Waals surface area contributed by atoms with Crippen LogP contribution in [0.1, 0.15) is 16.1 Å². The molecule has 1 N–H and O–H groups in total. The molecule has 0 saturated heterocycles. The number of nitro groups is 1. The van der Waals surface area contributed by atoms with Gasteiger partial charge in [0.05, 0.1) is 29.8 Å². The highest BCUT2D eigenvalue weighted by atomic mass is 32.1. The largest absolute Gasteiger partial charge is 0.465 e. The minimum Gasteiger partial charge on any atom is -0.465 e. The van der Waals surface area contributed by atoms with Gasteiger partial charge in [-0.2, -0.15) is 0 Å². The predicted molar refractivity (Wildman–Crippen MR) is 97.1 cm³/mol. The molecule has 0 unspecified atom stereocenters. The number of aromatic nitrogens is 2. The third-order valence-electron chi connectivity index (χ3n) is 3.49. The molecule has 0 aliphatic rings. The van der Waals surface area contributed by atoms with E-state index in [1.54, 1.807) is 0 Å². The fourth-order valence-corrected chi connectivity index (χ4v) is 3.06. The Morgan fingerprint density at radius 1 is 1.35 bits per heavy atom. The summed E-state index contributed by atoms with van der Waals surface area (Å²) in [5.41, 5.74) is 1.47. The number of nitrogens with one attached hydrogen (secondary N) is 1. The number of carbonyl (C=O) groups is 1. The normalized spacial score (nSPS) is 10.3. The summed E-state index contributed by atoms with van der Waals surface area (Å²) in [6.45, 7) is 0.273. The van der Waals surface area contributed by atoms with E-state index in [2.05, 4.69) is 20.0 Å². The monoisotopic (exact) mass is 370 g/mol. The zero-order valence-corrected chi connectivity index (χ0v) is 14.5. The minimum atomic E-state index is -0.681. The smallest absolute Gasteiger partial charge is 0.339 e. The lowest BCUT2D eigenvalue weighted by Crippen LogP contribution is -2.08. The van der Waals surface area contributed by atoms with Gasteiger partial charge in [0, 0.05) is 23.2 Å². The van der Waals surface area contributed by atoms with Crippen LogP contribution in [-0.4, -0.2) is 28.0 Å². The molecule has 26 heavy (non-hydrogen) atoms. The van der Waals surface area contributed by atoms with Crippen molar-refractivity contribution in [3.8, 4) is 10.6 Å². The number of rotatable bonds is 6. The van der Waals surface area contributed by atoms with Crippen molar-refractivity contribution in [3.63, 3.8) is 0 Å². The zero-order valence-electron chi connectivity index (χ0n) is 13.7.